The molecule has 2 saturated heterocycles. The lowest BCUT2D eigenvalue weighted by Crippen LogP contribution is -2.67. The van der Waals surface area contributed by atoms with Crippen molar-refractivity contribution in [2.45, 2.75) is 32.4 Å². The fourth-order valence-electron chi connectivity index (χ4n) is 4.61. The maximum atomic E-state index is 12.7. The molecule has 6 nitrogen and oxygen atoms in total. The number of hydrogen-bond donors (Lipinski definition) is 2. The van der Waals surface area contributed by atoms with Crippen molar-refractivity contribution in [3.8, 4) is 0 Å². The Labute approximate surface area is 159 Å². The van der Waals surface area contributed by atoms with Crippen LogP contribution in [0.25, 0.3) is 0 Å². The zero-order chi connectivity index (χ0) is 18.3. The summed E-state index contributed by atoms with van der Waals surface area (Å²) in [6, 6.07) is 5.55. The highest BCUT2D eigenvalue weighted by Gasteiger charge is 2.59. The summed E-state index contributed by atoms with van der Waals surface area (Å²) in [5.41, 5.74) is 1.66. The quantitative estimate of drug-likeness (QED) is 0.847. The van der Waals surface area contributed by atoms with Crippen LogP contribution < -0.4 is 15.5 Å². The van der Waals surface area contributed by atoms with Gasteiger partial charge in [0, 0.05) is 42.1 Å². The number of carbonyl (C=O) groups is 1. The summed E-state index contributed by atoms with van der Waals surface area (Å²) in [6.07, 6.45) is 1.26. The number of nitrogens with zero attached hydrogens (tertiary/aromatic N) is 1. The molecule has 1 aliphatic carbocycles. The van der Waals surface area contributed by atoms with Gasteiger partial charge in [0.25, 0.3) is 0 Å². The molecule has 3 fully saturated rings. The number of carbonyl (C=O) groups excluding carboxylic acids is 1. The first-order chi connectivity index (χ1) is 12.5. The Hall–Kier alpha value is -1.50. The first-order valence-corrected chi connectivity index (χ1v) is 9.66. The molecule has 0 spiro atoms. The van der Waals surface area contributed by atoms with Gasteiger partial charge >= 0.3 is 6.03 Å². The van der Waals surface area contributed by atoms with Gasteiger partial charge in [-0.15, -0.1) is 0 Å². The van der Waals surface area contributed by atoms with Crippen molar-refractivity contribution in [3.05, 3.63) is 23.2 Å². The second-order valence-corrected chi connectivity index (χ2v) is 8.34. The van der Waals surface area contributed by atoms with Gasteiger partial charge in [0.1, 0.15) is 0 Å². The molecular formula is C19H26ClN3O3. The minimum Gasteiger partial charge on any atom is -0.378 e. The van der Waals surface area contributed by atoms with E-state index in [1.54, 1.807) is 6.07 Å². The van der Waals surface area contributed by atoms with Gasteiger partial charge in [0.15, 0.2) is 0 Å². The number of halogens is 1. The number of anilines is 2. The maximum Gasteiger partial charge on any atom is 0.319 e. The Bertz CT molecular complexity index is 691. The van der Waals surface area contributed by atoms with Crippen LogP contribution in [0.15, 0.2) is 18.2 Å². The highest BCUT2D eigenvalue weighted by molar-refractivity contribution is 6.31. The van der Waals surface area contributed by atoms with Crippen LogP contribution in [-0.4, -0.2) is 51.1 Å². The van der Waals surface area contributed by atoms with Gasteiger partial charge in [-0.1, -0.05) is 25.4 Å². The van der Waals surface area contributed by atoms with Crippen molar-refractivity contribution in [3.63, 3.8) is 0 Å². The predicted molar refractivity (Wildman–Crippen MR) is 102 cm³/mol. The topological polar surface area (TPSA) is 62.8 Å². The van der Waals surface area contributed by atoms with Crippen LogP contribution in [0.3, 0.4) is 0 Å². The molecular weight excluding hydrogens is 354 g/mol. The monoisotopic (exact) mass is 379 g/mol. The minimum absolute atomic E-state index is 0.0418. The van der Waals surface area contributed by atoms with Gasteiger partial charge in [0.05, 0.1) is 30.7 Å². The molecule has 0 bridgehead atoms. The lowest BCUT2D eigenvalue weighted by Gasteiger charge is -2.54. The highest BCUT2D eigenvalue weighted by Crippen LogP contribution is 2.52. The molecule has 1 aromatic rings. The average molecular weight is 380 g/mol. The van der Waals surface area contributed by atoms with E-state index in [1.165, 1.54) is 0 Å². The molecule has 142 valence electrons. The molecule has 1 aromatic carbocycles. The van der Waals surface area contributed by atoms with Gasteiger partial charge < -0.3 is 25.0 Å². The summed E-state index contributed by atoms with van der Waals surface area (Å²) in [5.74, 6) is 0.411. The van der Waals surface area contributed by atoms with E-state index >= 15 is 0 Å². The van der Waals surface area contributed by atoms with E-state index in [4.69, 9.17) is 21.1 Å². The fourth-order valence-corrected chi connectivity index (χ4v) is 4.78. The Morgan fingerprint density at radius 3 is 2.81 bits per heavy atom. The molecule has 2 amide bonds. The standard InChI is InChI=1S/C19H26ClN3O3/c1-19(2)16(13-5-8-26-17(13)19)22-18(24)21-14-11-12(20)3-4-15(14)23-6-9-25-10-7-23/h3-4,11,13,16-17H,5-10H2,1-2H3,(H2,21,22,24). The molecule has 3 unspecified atom stereocenters. The van der Waals surface area contributed by atoms with Gasteiger partial charge in [-0.3, -0.25) is 0 Å². The second kappa shape index (κ2) is 6.91. The second-order valence-electron chi connectivity index (χ2n) is 7.90. The summed E-state index contributed by atoms with van der Waals surface area (Å²) in [4.78, 5) is 14.9. The van der Waals surface area contributed by atoms with Crippen LogP contribution in [0, 0.1) is 11.3 Å². The third-order valence-electron chi connectivity index (χ3n) is 5.95. The zero-order valence-electron chi connectivity index (χ0n) is 15.3. The molecule has 26 heavy (non-hydrogen) atoms. The van der Waals surface area contributed by atoms with Crippen molar-refractivity contribution in [2.75, 3.05) is 43.1 Å². The number of hydrogen-bond acceptors (Lipinski definition) is 4. The third kappa shape index (κ3) is 3.15. The summed E-state index contributed by atoms with van der Waals surface area (Å²) in [6.45, 7) is 8.07. The molecule has 2 heterocycles. The van der Waals surface area contributed by atoms with Crippen LogP contribution in [-0.2, 0) is 9.47 Å². The van der Waals surface area contributed by atoms with Gasteiger partial charge in [-0.05, 0) is 24.6 Å². The number of urea groups is 1. The van der Waals surface area contributed by atoms with Gasteiger partial charge in [0.2, 0.25) is 0 Å². The molecule has 3 aliphatic rings. The first-order valence-electron chi connectivity index (χ1n) is 9.28. The molecule has 2 N–H and O–H groups in total. The van der Waals surface area contributed by atoms with Crippen molar-refractivity contribution in [2.24, 2.45) is 11.3 Å². The first kappa shape index (κ1) is 17.9. The normalized spacial score (nSPS) is 29.7. The number of rotatable bonds is 3. The van der Waals surface area contributed by atoms with Crippen molar-refractivity contribution < 1.29 is 14.3 Å². The number of amides is 2. The lowest BCUT2D eigenvalue weighted by molar-refractivity contribution is -0.107. The van der Waals surface area contributed by atoms with E-state index in [2.05, 4.69) is 29.4 Å². The molecule has 0 radical (unpaired) electrons. The molecule has 2 aliphatic heterocycles. The van der Waals surface area contributed by atoms with Gasteiger partial charge in [-0.2, -0.15) is 0 Å². The largest absolute Gasteiger partial charge is 0.378 e. The van der Waals surface area contributed by atoms with Gasteiger partial charge in [-0.25, -0.2) is 4.79 Å². The number of morpholine rings is 1. The Balaban J connectivity index is 1.46. The Morgan fingerprint density at radius 1 is 1.27 bits per heavy atom. The number of fused-ring (bicyclic) bond motifs is 1. The van der Waals surface area contributed by atoms with E-state index < -0.39 is 0 Å². The summed E-state index contributed by atoms with van der Waals surface area (Å²) in [7, 11) is 0. The van der Waals surface area contributed by atoms with Crippen LogP contribution in [0.2, 0.25) is 5.02 Å². The smallest absolute Gasteiger partial charge is 0.319 e. The van der Waals surface area contributed by atoms with E-state index in [9.17, 15) is 4.79 Å². The van der Waals surface area contributed by atoms with E-state index in [0.29, 0.717) is 24.2 Å². The van der Waals surface area contributed by atoms with Crippen molar-refractivity contribution in [1.29, 1.82) is 0 Å². The van der Waals surface area contributed by atoms with Crippen molar-refractivity contribution >= 4 is 29.0 Å². The highest BCUT2D eigenvalue weighted by atomic mass is 35.5. The molecule has 4 rings (SSSR count). The zero-order valence-corrected chi connectivity index (χ0v) is 16.0. The number of benzene rings is 1. The van der Waals surface area contributed by atoms with Crippen LogP contribution >= 0.6 is 11.6 Å². The van der Waals surface area contributed by atoms with E-state index in [1.807, 2.05) is 12.1 Å². The van der Waals surface area contributed by atoms with E-state index in [-0.39, 0.29) is 23.6 Å². The SMILES string of the molecule is CC1(C)C(NC(=O)Nc2cc(Cl)ccc2N2CCOCC2)C2CCOC21. The number of ether oxygens (including phenoxy) is 2. The van der Waals surface area contributed by atoms with Crippen molar-refractivity contribution in [1.82, 2.24) is 5.32 Å². The molecule has 1 saturated carbocycles. The van der Waals surface area contributed by atoms with Crippen LogP contribution in [0.1, 0.15) is 20.3 Å². The summed E-state index contributed by atoms with van der Waals surface area (Å²) < 4.78 is 11.2. The Kier molecular flexibility index (Phi) is 4.75. The molecule has 0 aromatic heterocycles. The van der Waals surface area contributed by atoms with Crippen LogP contribution in [0.4, 0.5) is 16.2 Å². The van der Waals surface area contributed by atoms with E-state index in [0.717, 1.165) is 37.5 Å². The number of nitrogens with one attached hydrogen (secondary N) is 2. The Morgan fingerprint density at radius 2 is 2.04 bits per heavy atom. The minimum atomic E-state index is -0.190. The predicted octanol–water partition coefficient (Wildman–Crippen LogP) is 3.11. The average Bonchev–Trinajstić information content (AvgIpc) is 3.08. The lowest BCUT2D eigenvalue weighted by atomic mass is 9.57. The third-order valence-corrected chi connectivity index (χ3v) is 6.18. The summed E-state index contributed by atoms with van der Waals surface area (Å²) >= 11 is 6.17. The fraction of sp³-hybridized carbons (Fsp3) is 0.632. The van der Waals surface area contributed by atoms with Crippen LogP contribution in [0.5, 0.6) is 0 Å². The molecule has 7 heteroatoms. The summed E-state index contributed by atoms with van der Waals surface area (Å²) in [5, 5.41) is 6.77. The maximum absolute atomic E-state index is 12.7. The molecule has 3 atom stereocenters.